The summed E-state index contributed by atoms with van der Waals surface area (Å²) in [6.45, 7) is 2.88. The Kier molecular flexibility index (Phi) is 4.89. The van der Waals surface area contributed by atoms with Gasteiger partial charge in [0.2, 0.25) is 0 Å². The molecule has 0 aliphatic carbocycles. The molecule has 0 aromatic heterocycles. The molecule has 0 saturated carbocycles. The average molecular weight is 262 g/mol. The van der Waals surface area contributed by atoms with Crippen molar-refractivity contribution in [2.45, 2.75) is 26.1 Å². The van der Waals surface area contributed by atoms with E-state index in [1.54, 1.807) is 24.3 Å². The molecule has 2 N–H and O–H groups in total. The van der Waals surface area contributed by atoms with E-state index in [4.69, 9.17) is 20.5 Å². The quantitative estimate of drug-likeness (QED) is 0.788. The van der Waals surface area contributed by atoms with Crippen LogP contribution in [0.25, 0.3) is 0 Å². The minimum Gasteiger partial charge on any atom is -0.479 e. The summed E-state index contributed by atoms with van der Waals surface area (Å²) < 4.78 is 10.1. The van der Waals surface area contributed by atoms with Crippen molar-refractivity contribution in [3.8, 4) is 11.8 Å². The van der Waals surface area contributed by atoms with Crippen molar-refractivity contribution in [2.24, 2.45) is 5.73 Å². The highest BCUT2D eigenvalue weighted by atomic mass is 16.6. The zero-order chi connectivity index (χ0) is 14.4. The molecular weight excluding hydrogens is 248 g/mol. The molecule has 1 rings (SSSR count). The van der Waals surface area contributed by atoms with Gasteiger partial charge in [0.25, 0.3) is 5.91 Å². The maximum absolute atomic E-state index is 11.6. The summed E-state index contributed by atoms with van der Waals surface area (Å²) in [5.41, 5.74) is 5.47. The topological polar surface area (TPSA) is 102 Å². The van der Waals surface area contributed by atoms with Crippen LogP contribution in [0.5, 0.6) is 5.75 Å². The molecule has 0 bridgehead atoms. The third-order valence-corrected chi connectivity index (χ3v) is 2.32. The van der Waals surface area contributed by atoms with Gasteiger partial charge in [-0.3, -0.25) is 4.79 Å². The van der Waals surface area contributed by atoms with E-state index in [0.717, 1.165) is 0 Å². The van der Waals surface area contributed by atoms with Crippen LogP contribution in [0.1, 0.15) is 19.4 Å². The van der Waals surface area contributed by atoms with Gasteiger partial charge in [-0.1, -0.05) is 0 Å². The molecule has 0 spiro atoms. The van der Waals surface area contributed by atoms with Crippen LogP contribution >= 0.6 is 0 Å². The van der Waals surface area contributed by atoms with Crippen LogP contribution < -0.4 is 10.5 Å². The van der Waals surface area contributed by atoms with Crippen molar-refractivity contribution < 1.29 is 19.1 Å². The first kappa shape index (κ1) is 14.5. The predicted octanol–water partition coefficient (Wildman–Crippen LogP) is 0.743. The first-order valence-corrected chi connectivity index (χ1v) is 5.60. The number of hydrogen-bond acceptors (Lipinski definition) is 5. The lowest BCUT2D eigenvalue weighted by atomic mass is 10.2. The fourth-order valence-electron chi connectivity index (χ4n) is 1.19. The Labute approximate surface area is 110 Å². The lowest BCUT2D eigenvalue weighted by molar-refractivity contribution is -0.159. The zero-order valence-electron chi connectivity index (χ0n) is 10.6. The van der Waals surface area contributed by atoms with Gasteiger partial charge in [-0.05, 0) is 38.1 Å². The Morgan fingerprint density at radius 2 is 1.79 bits per heavy atom. The van der Waals surface area contributed by atoms with Crippen molar-refractivity contribution in [2.75, 3.05) is 0 Å². The van der Waals surface area contributed by atoms with E-state index >= 15 is 0 Å². The highest BCUT2D eigenvalue weighted by Gasteiger charge is 2.21. The Morgan fingerprint density at radius 1 is 1.21 bits per heavy atom. The Hall–Kier alpha value is -2.55. The SMILES string of the molecule is C[C@H](OC(=O)[C@H](C)Oc1ccc(C#N)cc1)C(N)=O. The summed E-state index contributed by atoms with van der Waals surface area (Å²) in [6, 6.07) is 8.25. The number of carbonyl (C=O) groups is 2. The highest BCUT2D eigenvalue weighted by Crippen LogP contribution is 2.14. The summed E-state index contributed by atoms with van der Waals surface area (Å²) in [7, 11) is 0. The molecule has 0 radical (unpaired) electrons. The van der Waals surface area contributed by atoms with Crippen LogP contribution in [0, 0.1) is 11.3 Å². The molecule has 1 aromatic rings. The van der Waals surface area contributed by atoms with Crippen molar-refractivity contribution in [3.05, 3.63) is 29.8 Å². The standard InChI is InChI=1S/C13H14N2O4/c1-8(12(15)16)19-13(17)9(2)18-11-5-3-10(7-14)4-6-11/h3-6,8-9H,1-2H3,(H2,15,16)/t8-,9-/m0/s1. The van der Waals surface area contributed by atoms with E-state index in [9.17, 15) is 9.59 Å². The number of amides is 1. The summed E-state index contributed by atoms with van der Waals surface area (Å²) in [6.07, 6.45) is -1.88. The maximum atomic E-state index is 11.6. The molecule has 0 aliphatic rings. The van der Waals surface area contributed by atoms with Gasteiger partial charge in [-0.2, -0.15) is 5.26 Å². The maximum Gasteiger partial charge on any atom is 0.347 e. The Balaban J connectivity index is 2.58. The fourth-order valence-corrected chi connectivity index (χ4v) is 1.19. The van der Waals surface area contributed by atoms with E-state index in [-0.39, 0.29) is 0 Å². The van der Waals surface area contributed by atoms with Gasteiger partial charge in [0.1, 0.15) is 5.75 Å². The largest absolute Gasteiger partial charge is 0.479 e. The molecule has 0 aliphatic heterocycles. The van der Waals surface area contributed by atoms with E-state index in [1.165, 1.54) is 13.8 Å². The van der Waals surface area contributed by atoms with E-state index in [1.807, 2.05) is 6.07 Å². The molecule has 0 fully saturated rings. The van der Waals surface area contributed by atoms with Gasteiger partial charge < -0.3 is 15.2 Å². The number of nitrogens with zero attached hydrogens (tertiary/aromatic N) is 1. The monoisotopic (exact) mass is 262 g/mol. The second-order valence-corrected chi connectivity index (χ2v) is 3.88. The smallest absolute Gasteiger partial charge is 0.347 e. The fraction of sp³-hybridized carbons (Fsp3) is 0.308. The van der Waals surface area contributed by atoms with Gasteiger partial charge in [0.15, 0.2) is 12.2 Å². The molecule has 0 unspecified atom stereocenters. The predicted molar refractivity (Wildman–Crippen MR) is 66.0 cm³/mol. The van der Waals surface area contributed by atoms with Crippen LogP contribution in [0.15, 0.2) is 24.3 Å². The van der Waals surface area contributed by atoms with Crippen molar-refractivity contribution in [1.29, 1.82) is 5.26 Å². The number of benzene rings is 1. The van der Waals surface area contributed by atoms with Gasteiger partial charge in [-0.25, -0.2) is 4.79 Å². The summed E-state index contributed by atoms with van der Waals surface area (Å²) in [4.78, 5) is 22.3. The van der Waals surface area contributed by atoms with Crippen molar-refractivity contribution in [3.63, 3.8) is 0 Å². The van der Waals surface area contributed by atoms with Gasteiger partial charge in [0, 0.05) is 0 Å². The third-order valence-electron chi connectivity index (χ3n) is 2.32. The average Bonchev–Trinajstić information content (AvgIpc) is 2.39. The first-order chi connectivity index (χ1) is 8.93. The molecule has 1 amide bonds. The van der Waals surface area contributed by atoms with Crippen molar-refractivity contribution in [1.82, 2.24) is 0 Å². The summed E-state index contributed by atoms with van der Waals surface area (Å²) in [5, 5.41) is 8.64. The zero-order valence-corrected chi connectivity index (χ0v) is 10.6. The molecule has 6 nitrogen and oxygen atoms in total. The summed E-state index contributed by atoms with van der Waals surface area (Å²) in [5.74, 6) is -0.982. The second-order valence-electron chi connectivity index (χ2n) is 3.88. The molecule has 0 heterocycles. The van der Waals surface area contributed by atoms with Crippen LogP contribution in [-0.4, -0.2) is 24.1 Å². The molecule has 1 aromatic carbocycles. The number of rotatable bonds is 5. The normalized spacial score (nSPS) is 12.9. The van der Waals surface area contributed by atoms with Gasteiger partial charge in [-0.15, -0.1) is 0 Å². The molecule has 100 valence electrons. The van der Waals surface area contributed by atoms with E-state index in [2.05, 4.69) is 0 Å². The van der Waals surface area contributed by atoms with Crippen LogP contribution in [0.2, 0.25) is 0 Å². The number of ether oxygens (including phenoxy) is 2. The number of nitriles is 1. The molecule has 19 heavy (non-hydrogen) atoms. The number of primary amides is 1. The van der Waals surface area contributed by atoms with E-state index < -0.39 is 24.1 Å². The number of hydrogen-bond donors (Lipinski definition) is 1. The number of nitrogens with two attached hydrogens (primary N) is 1. The number of esters is 1. The number of carbonyl (C=O) groups excluding carboxylic acids is 2. The van der Waals surface area contributed by atoms with Gasteiger partial charge >= 0.3 is 5.97 Å². The molecule has 0 saturated heterocycles. The molecule has 6 heteroatoms. The lowest BCUT2D eigenvalue weighted by Gasteiger charge is -2.16. The lowest BCUT2D eigenvalue weighted by Crippen LogP contribution is -2.35. The minimum absolute atomic E-state index is 0.426. The Morgan fingerprint density at radius 3 is 2.26 bits per heavy atom. The van der Waals surface area contributed by atoms with Crippen LogP contribution in [0.4, 0.5) is 0 Å². The minimum atomic E-state index is -1.00. The Bertz CT molecular complexity index is 504. The molecule has 2 atom stereocenters. The van der Waals surface area contributed by atoms with Crippen LogP contribution in [0.3, 0.4) is 0 Å². The van der Waals surface area contributed by atoms with Gasteiger partial charge in [0.05, 0.1) is 11.6 Å². The molecular formula is C13H14N2O4. The first-order valence-electron chi connectivity index (χ1n) is 5.60. The van der Waals surface area contributed by atoms with E-state index in [0.29, 0.717) is 11.3 Å². The highest BCUT2D eigenvalue weighted by molar-refractivity contribution is 5.83. The third kappa shape index (κ3) is 4.32. The second kappa shape index (κ2) is 6.40. The van der Waals surface area contributed by atoms with Crippen LogP contribution in [-0.2, 0) is 14.3 Å². The van der Waals surface area contributed by atoms with Crippen molar-refractivity contribution >= 4 is 11.9 Å². The summed E-state index contributed by atoms with van der Waals surface area (Å²) >= 11 is 0.